The molecule has 2 amide bonds. The fraction of sp³-hybridized carbons (Fsp3) is 0.100. The highest BCUT2D eigenvalue weighted by Crippen LogP contribution is 2.03. The average molecular weight is 346 g/mol. The Morgan fingerprint density at radius 3 is 2.04 bits per heavy atom. The molecule has 0 bridgehead atoms. The van der Waals surface area contributed by atoms with Crippen molar-refractivity contribution in [1.82, 2.24) is 20.6 Å². The van der Waals surface area contributed by atoms with Gasteiger partial charge in [0.15, 0.2) is 0 Å². The van der Waals surface area contributed by atoms with E-state index < -0.39 is 0 Å². The second-order valence-electron chi connectivity index (χ2n) is 5.58. The molecule has 0 aliphatic heterocycles. The highest BCUT2D eigenvalue weighted by Gasteiger charge is 2.12. The van der Waals surface area contributed by atoms with Gasteiger partial charge in [-0.3, -0.25) is 14.6 Å². The van der Waals surface area contributed by atoms with E-state index in [9.17, 15) is 9.59 Å². The molecule has 0 unspecified atom stereocenters. The second kappa shape index (κ2) is 8.53. The van der Waals surface area contributed by atoms with E-state index in [1.165, 1.54) is 0 Å². The lowest BCUT2D eigenvalue weighted by Crippen LogP contribution is -2.27. The number of amides is 2. The Balaban J connectivity index is 1.60. The molecule has 0 saturated heterocycles. The molecule has 2 heterocycles. The number of carbonyl (C=O) groups is 2. The second-order valence-corrected chi connectivity index (χ2v) is 5.58. The summed E-state index contributed by atoms with van der Waals surface area (Å²) in [7, 11) is 0. The Bertz CT molecular complexity index is 812. The van der Waals surface area contributed by atoms with E-state index in [0.717, 1.165) is 11.3 Å². The van der Waals surface area contributed by atoms with Gasteiger partial charge in [0.2, 0.25) is 0 Å². The van der Waals surface area contributed by atoms with Crippen LogP contribution < -0.4 is 10.6 Å². The summed E-state index contributed by atoms with van der Waals surface area (Å²) in [6, 6.07) is 19.9. The van der Waals surface area contributed by atoms with E-state index in [1.807, 2.05) is 48.5 Å². The van der Waals surface area contributed by atoms with Crippen LogP contribution in [0.25, 0.3) is 0 Å². The lowest BCUT2D eigenvalue weighted by molar-refractivity contribution is 0.0941. The molecule has 130 valence electrons. The zero-order valence-electron chi connectivity index (χ0n) is 14.1. The van der Waals surface area contributed by atoms with Crippen LogP contribution in [0.2, 0.25) is 0 Å². The van der Waals surface area contributed by atoms with Crippen molar-refractivity contribution in [3.05, 3.63) is 95.6 Å². The van der Waals surface area contributed by atoms with Crippen LogP contribution in [0.5, 0.6) is 0 Å². The van der Waals surface area contributed by atoms with Gasteiger partial charge in [-0.1, -0.05) is 42.5 Å². The van der Waals surface area contributed by atoms with Crippen molar-refractivity contribution < 1.29 is 9.59 Å². The topological polar surface area (TPSA) is 84.0 Å². The number of pyridine rings is 2. The Labute approximate surface area is 151 Å². The quantitative estimate of drug-likeness (QED) is 0.717. The molecule has 0 aliphatic carbocycles. The minimum atomic E-state index is -0.353. The lowest BCUT2D eigenvalue weighted by Gasteiger charge is -2.07. The summed E-state index contributed by atoms with van der Waals surface area (Å²) in [6.45, 7) is 0.698. The van der Waals surface area contributed by atoms with Gasteiger partial charge in [0.25, 0.3) is 11.8 Å². The summed E-state index contributed by atoms with van der Waals surface area (Å²) in [6.07, 6.45) is 1.66. The van der Waals surface area contributed by atoms with E-state index in [0.29, 0.717) is 13.1 Å². The van der Waals surface area contributed by atoms with Gasteiger partial charge in [0.05, 0.1) is 12.2 Å². The first kappa shape index (κ1) is 17.3. The Morgan fingerprint density at radius 1 is 0.731 bits per heavy atom. The lowest BCUT2D eigenvalue weighted by atomic mass is 10.2. The molecule has 0 atom stereocenters. The molecule has 0 spiro atoms. The first-order chi connectivity index (χ1) is 12.7. The van der Waals surface area contributed by atoms with Gasteiger partial charge < -0.3 is 10.6 Å². The highest BCUT2D eigenvalue weighted by atomic mass is 16.2. The van der Waals surface area contributed by atoms with Crippen molar-refractivity contribution in [3.8, 4) is 0 Å². The molecule has 2 N–H and O–H groups in total. The van der Waals surface area contributed by atoms with Crippen molar-refractivity contribution in [2.75, 3.05) is 0 Å². The smallest absolute Gasteiger partial charge is 0.270 e. The molecule has 3 rings (SSSR count). The van der Waals surface area contributed by atoms with Crippen LogP contribution in [0, 0.1) is 0 Å². The van der Waals surface area contributed by atoms with Gasteiger partial charge in [-0.25, -0.2) is 4.98 Å². The third-order valence-corrected chi connectivity index (χ3v) is 3.67. The molecule has 26 heavy (non-hydrogen) atoms. The van der Waals surface area contributed by atoms with Crippen molar-refractivity contribution in [2.24, 2.45) is 0 Å². The summed E-state index contributed by atoms with van der Waals surface area (Å²) >= 11 is 0. The molecule has 0 fully saturated rings. The van der Waals surface area contributed by atoms with Crippen molar-refractivity contribution in [3.63, 3.8) is 0 Å². The molecule has 1 aromatic carbocycles. The van der Waals surface area contributed by atoms with E-state index in [-0.39, 0.29) is 23.2 Å². The van der Waals surface area contributed by atoms with Crippen LogP contribution in [0.4, 0.5) is 0 Å². The van der Waals surface area contributed by atoms with Gasteiger partial charge in [-0.2, -0.15) is 0 Å². The van der Waals surface area contributed by atoms with Crippen LogP contribution >= 0.6 is 0 Å². The Hall–Kier alpha value is -3.54. The molecule has 3 aromatic rings. The molecule has 0 saturated carbocycles. The molecular formula is C20H18N4O2. The minimum Gasteiger partial charge on any atom is -0.347 e. The highest BCUT2D eigenvalue weighted by molar-refractivity contribution is 5.96. The standard InChI is InChI=1S/C20H18N4O2/c25-19(22-13-15-7-2-1-3-8-15)17-10-6-11-18(24-17)20(26)23-14-16-9-4-5-12-21-16/h1-12H,13-14H2,(H,22,25)(H,23,26). The fourth-order valence-electron chi connectivity index (χ4n) is 2.32. The van der Waals surface area contributed by atoms with E-state index >= 15 is 0 Å². The molecule has 0 radical (unpaired) electrons. The maximum atomic E-state index is 12.3. The van der Waals surface area contributed by atoms with Gasteiger partial charge in [0, 0.05) is 12.7 Å². The van der Waals surface area contributed by atoms with Crippen LogP contribution in [0.15, 0.2) is 72.9 Å². The summed E-state index contributed by atoms with van der Waals surface area (Å²) < 4.78 is 0. The average Bonchev–Trinajstić information content (AvgIpc) is 2.72. The van der Waals surface area contributed by atoms with Gasteiger partial charge >= 0.3 is 0 Å². The molecule has 6 heteroatoms. The number of benzene rings is 1. The van der Waals surface area contributed by atoms with Crippen LogP contribution in [0.3, 0.4) is 0 Å². The number of rotatable bonds is 6. The number of nitrogens with one attached hydrogen (secondary N) is 2. The largest absolute Gasteiger partial charge is 0.347 e. The minimum absolute atomic E-state index is 0.188. The Kier molecular flexibility index (Phi) is 5.67. The number of nitrogens with zero attached hydrogens (tertiary/aromatic N) is 2. The maximum absolute atomic E-state index is 12.3. The molecule has 2 aromatic heterocycles. The van der Waals surface area contributed by atoms with Gasteiger partial charge in [-0.15, -0.1) is 0 Å². The summed E-state index contributed by atoms with van der Waals surface area (Å²) in [5.41, 5.74) is 2.13. The third-order valence-electron chi connectivity index (χ3n) is 3.67. The van der Waals surface area contributed by atoms with Crippen LogP contribution in [-0.4, -0.2) is 21.8 Å². The van der Waals surface area contributed by atoms with E-state index in [2.05, 4.69) is 20.6 Å². The zero-order chi connectivity index (χ0) is 18.2. The SMILES string of the molecule is O=C(NCc1ccccc1)c1cccc(C(=O)NCc2ccccn2)n1. The number of carbonyl (C=O) groups excluding carboxylic acids is 2. The summed E-state index contributed by atoms with van der Waals surface area (Å²) in [5.74, 6) is -0.679. The Morgan fingerprint density at radius 2 is 1.38 bits per heavy atom. The predicted molar refractivity (Wildman–Crippen MR) is 97.3 cm³/mol. The van der Waals surface area contributed by atoms with Gasteiger partial charge in [-0.05, 0) is 29.8 Å². The van der Waals surface area contributed by atoms with Crippen molar-refractivity contribution in [2.45, 2.75) is 13.1 Å². The van der Waals surface area contributed by atoms with Crippen LogP contribution in [-0.2, 0) is 13.1 Å². The maximum Gasteiger partial charge on any atom is 0.270 e. The van der Waals surface area contributed by atoms with Crippen LogP contribution in [0.1, 0.15) is 32.2 Å². The predicted octanol–water partition coefficient (Wildman–Crippen LogP) is 2.34. The first-order valence-electron chi connectivity index (χ1n) is 8.19. The molecular weight excluding hydrogens is 328 g/mol. The number of hydrogen-bond donors (Lipinski definition) is 2. The fourth-order valence-corrected chi connectivity index (χ4v) is 2.32. The third kappa shape index (κ3) is 4.73. The normalized spacial score (nSPS) is 10.2. The summed E-state index contributed by atoms with van der Waals surface area (Å²) in [5, 5.41) is 5.54. The first-order valence-corrected chi connectivity index (χ1v) is 8.19. The monoisotopic (exact) mass is 346 g/mol. The van der Waals surface area contributed by atoms with Crippen molar-refractivity contribution in [1.29, 1.82) is 0 Å². The van der Waals surface area contributed by atoms with E-state index in [4.69, 9.17) is 0 Å². The van der Waals surface area contributed by atoms with E-state index in [1.54, 1.807) is 24.4 Å². The molecule has 6 nitrogen and oxygen atoms in total. The van der Waals surface area contributed by atoms with Crippen molar-refractivity contribution >= 4 is 11.8 Å². The molecule has 0 aliphatic rings. The van der Waals surface area contributed by atoms with Gasteiger partial charge in [0.1, 0.15) is 11.4 Å². The number of aromatic nitrogens is 2. The number of hydrogen-bond acceptors (Lipinski definition) is 4. The zero-order valence-corrected chi connectivity index (χ0v) is 14.1. The summed E-state index contributed by atoms with van der Waals surface area (Å²) in [4.78, 5) is 32.8.